The number of quaternary nitrogens is 1. The average molecular weight is 375 g/mol. The molecular formula is C23H18FNO3. The Balaban J connectivity index is 1.67. The van der Waals surface area contributed by atoms with E-state index in [-0.39, 0.29) is 17.0 Å². The normalized spacial score (nSPS) is 11.0. The fraction of sp³-hybridized carbons (Fsp3) is 0.0870. The van der Waals surface area contributed by atoms with Crippen molar-refractivity contribution >= 4 is 11.0 Å². The minimum absolute atomic E-state index is 0.158. The second kappa shape index (κ2) is 7.66. The van der Waals surface area contributed by atoms with Crippen molar-refractivity contribution < 1.29 is 19.2 Å². The van der Waals surface area contributed by atoms with Crippen LogP contribution < -0.4 is 15.9 Å². The zero-order valence-corrected chi connectivity index (χ0v) is 15.0. The molecule has 0 unspecified atom stereocenters. The topological polar surface area (TPSA) is 69.9 Å². The van der Waals surface area contributed by atoms with Crippen molar-refractivity contribution in [1.29, 1.82) is 0 Å². The Morgan fingerprint density at radius 1 is 0.929 bits per heavy atom. The molecule has 0 spiro atoms. The minimum Gasteiger partial charge on any atom is -0.872 e. The van der Waals surface area contributed by atoms with Crippen molar-refractivity contribution in [3.8, 4) is 16.9 Å². The van der Waals surface area contributed by atoms with E-state index in [0.717, 1.165) is 5.56 Å². The van der Waals surface area contributed by atoms with Gasteiger partial charge in [0.05, 0.1) is 10.9 Å². The molecule has 0 aliphatic rings. The number of nitrogens with two attached hydrogens (primary N) is 1. The second-order valence-corrected chi connectivity index (χ2v) is 6.59. The van der Waals surface area contributed by atoms with Crippen molar-refractivity contribution in [3.05, 3.63) is 100 Å². The van der Waals surface area contributed by atoms with Gasteiger partial charge in [0.15, 0.2) is 0 Å². The number of halogens is 1. The third-order valence-electron chi connectivity index (χ3n) is 4.73. The highest BCUT2D eigenvalue weighted by Crippen LogP contribution is 2.26. The molecule has 0 aliphatic heterocycles. The summed E-state index contributed by atoms with van der Waals surface area (Å²) in [5.41, 5.74) is 2.60. The molecule has 4 rings (SSSR count). The molecule has 3 aromatic carbocycles. The molecule has 4 nitrogen and oxygen atoms in total. The van der Waals surface area contributed by atoms with Crippen LogP contribution in [0.2, 0.25) is 0 Å². The van der Waals surface area contributed by atoms with Gasteiger partial charge in [-0.25, -0.2) is 4.39 Å². The van der Waals surface area contributed by atoms with Gasteiger partial charge in [-0.2, -0.15) is 0 Å². The quantitative estimate of drug-likeness (QED) is 0.583. The van der Waals surface area contributed by atoms with E-state index >= 15 is 0 Å². The molecule has 0 atom stereocenters. The summed E-state index contributed by atoms with van der Waals surface area (Å²) in [6, 6.07) is 18.5. The highest BCUT2D eigenvalue weighted by molar-refractivity contribution is 5.85. The van der Waals surface area contributed by atoms with Crippen LogP contribution in [0.4, 0.5) is 4.39 Å². The first-order valence-corrected chi connectivity index (χ1v) is 8.99. The van der Waals surface area contributed by atoms with E-state index in [1.807, 2.05) is 35.6 Å². The molecule has 4 aromatic rings. The van der Waals surface area contributed by atoms with Crippen LogP contribution in [0.5, 0.6) is 5.75 Å². The molecule has 0 radical (unpaired) electrons. The third kappa shape index (κ3) is 3.52. The van der Waals surface area contributed by atoms with Gasteiger partial charge in [-0.05, 0) is 23.8 Å². The summed E-state index contributed by atoms with van der Waals surface area (Å²) < 4.78 is 18.9. The molecule has 0 saturated heterocycles. The number of rotatable bonds is 5. The van der Waals surface area contributed by atoms with E-state index in [4.69, 9.17) is 4.42 Å². The predicted molar refractivity (Wildman–Crippen MR) is 103 cm³/mol. The van der Waals surface area contributed by atoms with Gasteiger partial charge in [0.25, 0.3) is 0 Å². The molecule has 140 valence electrons. The Morgan fingerprint density at radius 2 is 1.68 bits per heavy atom. The number of hydrogen-bond donors (Lipinski definition) is 1. The van der Waals surface area contributed by atoms with Crippen molar-refractivity contribution in [2.24, 2.45) is 0 Å². The monoisotopic (exact) mass is 375 g/mol. The summed E-state index contributed by atoms with van der Waals surface area (Å²) >= 11 is 0. The Kier molecular flexibility index (Phi) is 4.91. The lowest BCUT2D eigenvalue weighted by atomic mass is 10.0. The molecule has 0 saturated carbocycles. The number of benzene rings is 3. The van der Waals surface area contributed by atoms with Crippen LogP contribution in [0.1, 0.15) is 11.1 Å². The zero-order valence-electron chi connectivity index (χ0n) is 15.0. The van der Waals surface area contributed by atoms with Crippen LogP contribution in [0.15, 0.2) is 82.2 Å². The van der Waals surface area contributed by atoms with E-state index in [1.54, 1.807) is 0 Å². The van der Waals surface area contributed by atoms with Gasteiger partial charge >= 0.3 is 0 Å². The molecular weight excluding hydrogens is 357 g/mol. The van der Waals surface area contributed by atoms with E-state index in [9.17, 15) is 14.3 Å². The van der Waals surface area contributed by atoms with E-state index in [2.05, 4.69) is 0 Å². The summed E-state index contributed by atoms with van der Waals surface area (Å²) in [4.78, 5) is 12.9. The molecule has 1 aromatic heterocycles. The fourth-order valence-corrected chi connectivity index (χ4v) is 3.26. The Hall–Kier alpha value is -3.44. The molecule has 0 aliphatic carbocycles. The minimum atomic E-state index is -0.374. The lowest BCUT2D eigenvalue weighted by molar-refractivity contribution is -0.686. The molecule has 1 heterocycles. The highest BCUT2D eigenvalue weighted by atomic mass is 19.1. The maximum absolute atomic E-state index is 13.2. The van der Waals surface area contributed by atoms with Crippen LogP contribution in [0.25, 0.3) is 22.1 Å². The summed E-state index contributed by atoms with van der Waals surface area (Å²) in [5, 5.41) is 14.7. The Labute approximate surface area is 160 Å². The highest BCUT2D eigenvalue weighted by Gasteiger charge is 2.13. The molecule has 0 amide bonds. The first kappa shape index (κ1) is 17.9. The van der Waals surface area contributed by atoms with Crippen molar-refractivity contribution in [2.75, 3.05) is 0 Å². The van der Waals surface area contributed by atoms with Crippen LogP contribution >= 0.6 is 0 Å². The zero-order chi connectivity index (χ0) is 19.5. The molecule has 28 heavy (non-hydrogen) atoms. The Morgan fingerprint density at radius 3 is 2.43 bits per heavy atom. The number of hydrogen-bond acceptors (Lipinski definition) is 3. The molecule has 0 fully saturated rings. The summed E-state index contributed by atoms with van der Waals surface area (Å²) in [6.07, 6.45) is 1.35. The average Bonchev–Trinajstić information content (AvgIpc) is 2.71. The van der Waals surface area contributed by atoms with E-state index in [0.29, 0.717) is 40.7 Å². The molecule has 5 heteroatoms. The summed E-state index contributed by atoms with van der Waals surface area (Å²) in [7, 11) is 0. The van der Waals surface area contributed by atoms with Gasteiger partial charge in [-0.15, -0.1) is 0 Å². The first-order valence-electron chi connectivity index (χ1n) is 8.99. The smallest absolute Gasteiger partial charge is 0.200 e. The van der Waals surface area contributed by atoms with Gasteiger partial charge in [-0.1, -0.05) is 54.3 Å². The molecule has 0 bridgehead atoms. The van der Waals surface area contributed by atoms with Gasteiger partial charge in [-0.3, -0.25) is 4.79 Å². The van der Waals surface area contributed by atoms with Crippen LogP contribution in [-0.2, 0) is 13.1 Å². The van der Waals surface area contributed by atoms with Crippen molar-refractivity contribution in [3.63, 3.8) is 0 Å². The maximum Gasteiger partial charge on any atom is 0.200 e. The third-order valence-corrected chi connectivity index (χ3v) is 4.73. The van der Waals surface area contributed by atoms with Crippen LogP contribution in [-0.4, -0.2) is 0 Å². The lowest BCUT2D eigenvalue weighted by Gasteiger charge is -2.14. The predicted octanol–water partition coefficient (Wildman–Crippen LogP) is 2.94. The van der Waals surface area contributed by atoms with Gasteiger partial charge < -0.3 is 14.8 Å². The van der Waals surface area contributed by atoms with Gasteiger partial charge in [0.2, 0.25) is 5.43 Å². The number of fused-ring (bicyclic) bond motifs is 1. The van der Waals surface area contributed by atoms with E-state index in [1.165, 1.54) is 42.7 Å². The lowest BCUT2D eigenvalue weighted by Crippen LogP contribution is -2.80. The van der Waals surface area contributed by atoms with Crippen molar-refractivity contribution in [1.82, 2.24) is 0 Å². The van der Waals surface area contributed by atoms with E-state index < -0.39 is 0 Å². The van der Waals surface area contributed by atoms with Gasteiger partial charge in [0, 0.05) is 11.1 Å². The van der Waals surface area contributed by atoms with Crippen LogP contribution in [0, 0.1) is 5.82 Å². The summed E-state index contributed by atoms with van der Waals surface area (Å²) in [5.74, 6) is -0.532. The first-order chi connectivity index (χ1) is 13.6. The standard InChI is InChI=1S/C23H18FNO3/c24-17-8-6-16(7-9-17)20-14-28-23-18(22(20)27)10-11-21(26)19(23)13-25-12-15-4-2-1-3-5-15/h1-11,14,25-26H,12-13H2. The largest absolute Gasteiger partial charge is 0.872 e. The summed E-state index contributed by atoms with van der Waals surface area (Å²) in [6.45, 7) is 1.12. The van der Waals surface area contributed by atoms with Crippen LogP contribution in [0.3, 0.4) is 0 Å². The Bertz CT molecular complexity index is 1170. The SMILES string of the molecule is O=c1c(-c2ccc(F)cc2)coc2c(C[NH2+]Cc3ccccc3)c([O-])ccc12. The van der Waals surface area contributed by atoms with Gasteiger partial charge in [0.1, 0.15) is 30.8 Å². The maximum atomic E-state index is 13.2. The molecule has 2 N–H and O–H groups in total. The fourth-order valence-electron chi connectivity index (χ4n) is 3.26. The van der Waals surface area contributed by atoms with Crippen molar-refractivity contribution in [2.45, 2.75) is 13.1 Å². The second-order valence-electron chi connectivity index (χ2n) is 6.59.